The first kappa shape index (κ1) is 14.0. The van der Waals surface area contributed by atoms with Gasteiger partial charge in [-0.3, -0.25) is 4.79 Å². The number of methoxy groups -OCH3 is 1. The molecule has 0 aliphatic heterocycles. The minimum absolute atomic E-state index is 0.0359. The summed E-state index contributed by atoms with van der Waals surface area (Å²) in [5.41, 5.74) is 0.255. The van der Waals surface area contributed by atoms with Crippen LogP contribution in [0.2, 0.25) is 0 Å². The lowest BCUT2D eigenvalue weighted by Gasteiger charge is -2.06. The maximum atomic E-state index is 13.2. The molecule has 0 bridgehead atoms. The minimum Gasteiger partial charge on any atom is -0.375 e. The van der Waals surface area contributed by atoms with Crippen LogP contribution in [0.25, 0.3) is 5.69 Å². The van der Waals surface area contributed by atoms with E-state index in [0.717, 1.165) is 12.1 Å². The van der Waals surface area contributed by atoms with Crippen molar-refractivity contribution in [3.63, 3.8) is 0 Å². The van der Waals surface area contributed by atoms with Crippen molar-refractivity contribution in [3.05, 3.63) is 35.7 Å². The molecule has 1 aromatic heterocycles. The molecule has 0 aliphatic rings. The molecule has 1 amide bonds. The second-order valence-corrected chi connectivity index (χ2v) is 3.82. The van der Waals surface area contributed by atoms with E-state index >= 15 is 0 Å². The van der Waals surface area contributed by atoms with E-state index < -0.39 is 11.6 Å². The maximum Gasteiger partial charge on any atom is 0.246 e. The SMILES string of the molecule is COCC(=O)NCc1nnnn1-c1ccc(F)c(F)c1. The number of ether oxygens (including phenoxy) is 1. The van der Waals surface area contributed by atoms with E-state index in [0.29, 0.717) is 0 Å². The fraction of sp³-hybridized carbons (Fsp3) is 0.273. The lowest BCUT2D eigenvalue weighted by molar-refractivity contribution is -0.124. The van der Waals surface area contributed by atoms with Crippen LogP contribution < -0.4 is 5.32 Å². The molecule has 9 heteroatoms. The molecule has 1 aromatic carbocycles. The van der Waals surface area contributed by atoms with Crippen LogP contribution >= 0.6 is 0 Å². The molecule has 0 aliphatic carbocycles. The predicted octanol–water partition coefficient (Wildman–Crippen LogP) is 0.203. The number of aromatic nitrogens is 4. The summed E-state index contributed by atoms with van der Waals surface area (Å²) in [5, 5.41) is 13.3. The highest BCUT2D eigenvalue weighted by atomic mass is 19.2. The van der Waals surface area contributed by atoms with Gasteiger partial charge in [0, 0.05) is 13.2 Å². The predicted molar refractivity (Wildman–Crippen MR) is 62.8 cm³/mol. The lowest BCUT2D eigenvalue weighted by Crippen LogP contribution is -2.28. The summed E-state index contributed by atoms with van der Waals surface area (Å²) in [6.07, 6.45) is 0. The molecule has 2 rings (SSSR count). The zero-order valence-electron chi connectivity index (χ0n) is 10.5. The van der Waals surface area contributed by atoms with Crippen molar-refractivity contribution < 1.29 is 18.3 Å². The molecule has 0 unspecified atom stereocenters. The average molecular weight is 283 g/mol. The Hall–Kier alpha value is -2.42. The van der Waals surface area contributed by atoms with Crippen molar-refractivity contribution in [2.45, 2.75) is 6.54 Å². The lowest BCUT2D eigenvalue weighted by atomic mass is 10.3. The van der Waals surface area contributed by atoms with Crippen LogP contribution in [0.5, 0.6) is 0 Å². The molecular weight excluding hydrogens is 272 g/mol. The quantitative estimate of drug-likeness (QED) is 0.848. The molecule has 7 nitrogen and oxygen atoms in total. The smallest absolute Gasteiger partial charge is 0.246 e. The Morgan fingerprint density at radius 3 is 2.90 bits per heavy atom. The standard InChI is InChI=1S/C11H11F2N5O2/c1-20-6-11(19)14-5-10-15-16-17-18(10)7-2-3-8(12)9(13)4-7/h2-4H,5-6H2,1H3,(H,14,19). The highest BCUT2D eigenvalue weighted by molar-refractivity contribution is 5.77. The number of amides is 1. The summed E-state index contributed by atoms with van der Waals surface area (Å²) >= 11 is 0. The molecule has 106 valence electrons. The molecule has 20 heavy (non-hydrogen) atoms. The number of halogens is 2. The van der Waals surface area contributed by atoms with Gasteiger partial charge in [-0.2, -0.15) is 4.68 Å². The van der Waals surface area contributed by atoms with Gasteiger partial charge in [-0.15, -0.1) is 5.10 Å². The Bertz CT molecular complexity index is 617. The van der Waals surface area contributed by atoms with Crippen LogP contribution in [-0.2, 0) is 16.1 Å². The fourth-order valence-corrected chi connectivity index (χ4v) is 1.49. The van der Waals surface area contributed by atoms with Crippen LogP contribution in [0, 0.1) is 11.6 Å². The van der Waals surface area contributed by atoms with Crippen LogP contribution in [0.1, 0.15) is 5.82 Å². The van der Waals surface area contributed by atoms with Gasteiger partial charge in [-0.05, 0) is 22.6 Å². The molecule has 0 spiro atoms. The summed E-state index contributed by atoms with van der Waals surface area (Å²) in [6, 6.07) is 3.26. The zero-order chi connectivity index (χ0) is 14.5. The number of rotatable bonds is 5. The van der Waals surface area contributed by atoms with Gasteiger partial charge in [-0.25, -0.2) is 8.78 Å². The maximum absolute atomic E-state index is 13.2. The zero-order valence-corrected chi connectivity index (χ0v) is 10.5. The molecule has 0 atom stereocenters. The third kappa shape index (κ3) is 3.12. The summed E-state index contributed by atoms with van der Waals surface area (Å²) in [4.78, 5) is 11.3. The fourth-order valence-electron chi connectivity index (χ4n) is 1.49. The normalized spacial score (nSPS) is 10.6. The third-order valence-corrected chi connectivity index (χ3v) is 2.40. The van der Waals surface area contributed by atoms with E-state index in [2.05, 4.69) is 25.6 Å². The van der Waals surface area contributed by atoms with Crippen molar-refractivity contribution in [1.29, 1.82) is 0 Å². The molecular formula is C11H11F2N5O2. The Kier molecular flexibility index (Phi) is 4.31. The number of tetrazole rings is 1. The topological polar surface area (TPSA) is 81.9 Å². The number of carbonyl (C=O) groups excluding carboxylic acids is 1. The molecule has 0 saturated heterocycles. The van der Waals surface area contributed by atoms with Gasteiger partial charge in [-0.1, -0.05) is 0 Å². The van der Waals surface area contributed by atoms with Gasteiger partial charge < -0.3 is 10.1 Å². The van der Waals surface area contributed by atoms with Gasteiger partial charge >= 0.3 is 0 Å². The van der Waals surface area contributed by atoms with Crippen molar-refractivity contribution in [2.24, 2.45) is 0 Å². The first-order valence-corrected chi connectivity index (χ1v) is 5.60. The van der Waals surface area contributed by atoms with Gasteiger partial charge in [0.15, 0.2) is 17.5 Å². The monoisotopic (exact) mass is 283 g/mol. The molecule has 0 fully saturated rings. The van der Waals surface area contributed by atoms with E-state index in [9.17, 15) is 13.6 Å². The molecule has 2 aromatic rings. The molecule has 1 N–H and O–H groups in total. The van der Waals surface area contributed by atoms with Crippen molar-refractivity contribution in [3.8, 4) is 5.69 Å². The summed E-state index contributed by atoms with van der Waals surface area (Å²) in [5.74, 6) is -2.03. The molecule has 0 radical (unpaired) electrons. The van der Waals surface area contributed by atoms with Gasteiger partial charge in [0.25, 0.3) is 0 Å². The highest BCUT2D eigenvalue weighted by Gasteiger charge is 2.11. The van der Waals surface area contributed by atoms with Crippen LogP contribution in [0.3, 0.4) is 0 Å². The third-order valence-electron chi connectivity index (χ3n) is 2.40. The number of nitrogens with zero attached hydrogens (tertiary/aromatic N) is 4. The second-order valence-electron chi connectivity index (χ2n) is 3.82. The first-order valence-electron chi connectivity index (χ1n) is 5.60. The Morgan fingerprint density at radius 1 is 1.40 bits per heavy atom. The van der Waals surface area contributed by atoms with Gasteiger partial charge in [0.05, 0.1) is 12.2 Å². The summed E-state index contributed by atoms with van der Waals surface area (Å²) in [6.45, 7) is -0.0546. The van der Waals surface area contributed by atoms with Crippen molar-refractivity contribution in [1.82, 2.24) is 25.5 Å². The van der Waals surface area contributed by atoms with E-state index in [1.807, 2.05) is 0 Å². The largest absolute Gasteiger partial charge is 0.375 e. The Labute approximate surface area is 112 Å². The Balaban J connectivity index is 2.15. The number of nitrogens with one attached hydrogen (secondary N) is 1. The molecule has 1 heterocycles. The van der Waals surface area contributed by atoms with Gasteiger partial charge in [0.1, 0.15) is 6.61 Å². The number of hydrogen-bond acceptors (Lipinski definition) is 5. The molecule has 0 saturated carbocycles. The van der Waals surface area contributed by atoms with E-state index in [-0.39, 0.29) is 30.6 Å². The number of hydrogen-bond donors (Lipinski definition) is 1. The van der Waals surface area contributed by atoms with E-state index in [4.69, 9.17) is 0 Å². The summed E-state index contributed by atoms with van der Waals surface area (Å²) < 4.78 is 31.9. The van der Waals surface area contributed by atoms with E-state index in [1.165, 1.54) is 17.9 Å². The summed E-state index contributed by atoms with van der Waals surface area (Å²) in [7, 11) is 1.39. The van der Waals surface area contributed by atoms with Crippen molar-refractivity contribution in [2.75, 3.05) is 13.7 Å². The van der Waals surface area contributed by atoms with Gasteiger partial charge in [0.2, 0.25) is 5.91 Å². The van der Waals surface area contributed by atoms with Crippen LogP contribution in [0.4, 0.5) is 8.78 Å². The minimum atomic E-state index is -1.01. The van der Waals surface area contributed by atoms with E-state index in [1.54, 1.807) is 0 Å². The van der Waals surface area contributed by atoms with Crippen LogP contribution in [-0.4, -0.2) is 39.8 Å². The highest BCUT2D eigenvalue weighted by Crippen LogP contribution is 2.12. The first-order chi connectivity index (χ1) is 9.61. The number of carbonyl (C=O) groups is 1. The van der Waals surface area contributed by atoms with Crippen LogP contribution in [0.15, 0.2) is 18.2 Å². The Morgan fingerprint density at radius 2 is 2.20 bits per heavy atom. The second kappa shape index (κ2) is 6.15. The van der Waals surface area contributed by atoms with Crippen molar-refractivity contribution >= 4 is 5.91 Å². The average Bonchev–Trinajstić information content (AvgIpc) is 2.88. The number of benzene rings is 1.